The monoisotopic (exact) mass is 143 g/mol. The summed E-state index contributed by atoms with van der Waals surface area (Å²) in [5.74, 6) is 0.615. The average Bonchev–Trinajstić information content (AvgIpc) is 2.13. The molecule has 0 aliphatic heterocycles. The van der Waals surface area contributed by atoms with E-state index in [0.717, 1.165) is 5.56 Å². The zero-order chi connectivity index (χ0) is 6.85. The summed E-state index contributed by atoms with van der Waals surface area (Å²) >= 11 is 1.53. The van der Waals surface area contributed by atoms with Crippen LogP contribution in [0, 0.1) is 6.92 Å². The number of nitrogen functional groups attached to an aromatic ring is 1. The van der Waals surface area contributed by atoms with Crippen molar-refractivity contribution in [1.82, 2.24) is 9.19 Å². The summed E-state index contributed by atoms with van der Waals surface area (Å²) in [6, 6.07) is 0. The lowest BCUT2D eigenvalue weighted by Crippen LogP contribution is -1.89. The molecule has 50 valence electrons. The Morgan fingerprint density at radius 2 is 2.44 bits per heavy atom. The van der Waals surface area contributed by atoms with E-state index in [2.05, 4.69) is 5.10 Å². The fraction of sp³-hybridized carbons (Fsp3) is 0.400. The van der Waals surface area contributed by atoms with E-state index >= 15 is 0 Å². The van der Waals surface area contributed by atoms with Crippen LogP contribution in [0.15, 0.2) is 6.20 Å². The number of aryl methyl sites for hydroxylation is 1. The Hall–Kier alpha value is -0.640. The molecule has 1 heterocycles. The van der Waals surface area contributed by atoms with Crippen molar-refractivity contribution in [2.24, 2.45) is 0 Å². The van der Waals surface area contributed by atoms with Crippen molar-refractivity contribution in [2.75, 3.05) is 12.0 Å². The second kappa shape index (κ2) is 2.31. The Balaban J connectivity index is 2.98. The molecule has 1 aromatic rings. The van der Waals surface area contributed by atoms with E-state index in [-0.39, 0.29) is 0 Å². The van der Waals surface area contributed by atoms with Gasteiger partial charge in [-0.2, -0.15) is 0 Å². The van der Waals surface area contributed by atoms with Crippen LogP contribution in [0.3, 0.4) is 0 Å². The van der Waals surface area contributed by atoms with E-state index in [1.54, 1.807) is 4.09 Å². The predicted octanol–water partition coefficient (Wildman–Crippen LogP) is 0.900. The highest BCUT2D eigenvalue weighted by Gasteiger charge is 1.96. The Bertz CT molecular complexity index is 186. The normalized spacial score (nSPS) is 10.0. The second-order valence-corrected chi connectivity index (χ2v) is 2.52. The Morgan fingerprint density at radius 3 is 2.67 bits per heavy atom. The van der Waals surface area contributed by atoms with Gasteiger partial charge in [0, 0.05) is 18.0 Å². The van der Waals surface area contributed by atoms with E-state index < -0.39 is 0 Å². The summed E-state index contributed by atoms with van der Waals surface area (Å²) in [7, 11) is 0. The molecule has 0 saturated carbocycles. The van der Waals surface area contributed by atoms with Crippen molar-refractivity contribution in [2.45, 2.75) is 6.92 Å². The van der Waals surface area contributed by atoms with Gasteiger partial charge in [-0.05, 0) is 18.9 Å². The summed E-state index contributed by atoms with van der Waals surface area (Å²) in [4.78, 5) is 0. The van der Waals surface area contributed by atoms with Gasteiger partial charge >= 0.3 is 0 Å². The van der Waals surface area contributed by atoms with Crippen LogP contribution in [0.4, 0.5) is 5.82 Å². The van der Waals surface area contributed by atoms with Gasteiger partial charge in [0.25, 0.3) is 0 Å². The molecule has 0 fully saturated rings. The van der Waals surface area contributed by atoms with E-state index in [1.165, 1.54) is 11.9 Å². The largest absolute Gasteiger partial charge is 0.382 e. The van der Waals surface area contributed by atoms with Crippen molar-refractivity contribution in [1.29, 1.82) is 0 Å². The lowest BCUT2D eigenvalue weighted by molar-refractivity contribution is 1.02. The minimum Gasteiger partial charge on any atom is -0.382 e. The number of aromatic nitrogens is 2. The molecule has 0 atom stereocenters. The zero-order valence-corrected chi connectivity index (χ0v) is 6.27. The fourth-order valence-electron chi connectivity index (χ4n) is 0.539. The number of anilines is 1. The van der Waals surface area contributed by atoms with Crippen molar-refractivity contribution in [3.63, 3.8) is 0 Å². The molecule has 0 aliphatic carbocycles. The lowest BCUT2D eigenvalue weighted by Gasteiger charge is -1.87. The number of hydrogen-bond acceptors (Lipinski definition) is 3. The van der Waals surface area contributed by atoms with Gasteiger partial charge in [0.2, 0.25) is 0 Å². The first-order valence-corrected chi connectivity index (χ1v) is 3.78. The van der Waals surface area contributed by atoms with Crippen LogP contribution in [0.2, 0.25) is 0 Å². The van der Waals surface area contributed by atoms with Crippen molar-refractivity contribution < 1.29 is 0 Å². The number of hydrogen-bond donors (Lipinski definition) is 1. The van der Waals surface area contributed by atoms with Gasteiger partial charge in [-0.25, -0.2) is 4.09 Å². The predicted molar refractivity (Wildman–Crippen MR) is 40.3 cm³/mol. The summed E-state index contributed by atoms with van der Waals surface area (Å²) in [6.07, 6.45) is 3.85. The minimum atomic E-state index is 0.615. The van der Waals surface area contributed by atoms with Crippen LogP contribution in [0.25, 0.3) is 0 Å². The van der Waals surface area contributed by atoms with Gasteiger partial charge in [0.15, 0.2) is 0 Å². The van der Waals surface area contributed by atoms with Gasteiger partial charge in [-0.3, -0.25) is 0 Å². The summed E-state index contributed by atoms with van der Waals surface area (Å²) in [5.41, 5.74) is 6.50. The molecule has 0 radical (unpaired) electrons. The molecule has 0 unspecified atom stereocenters. The molecule has 0 saturated heterocycles. The summed E-state index contributed by atoms with van der Waals surface area (Å²) < 4.78 is 1.74. The lowest BCUT2D eigenvalue weighted by atomic mass is 10.4. The Kier molecular flexibility index (Phi) is 1.66. The molecule has 1 aromatic heterocycles. The van der Waals surface area contributed by atoms with Crippen LogP contribution in [-0.2, 0) is 0 Å². The maximum Gasteiger partial charge on any atom is 0.149 e. The van der Waals surface area contributed by atoms with Gasteiger partial charge in [0.1, 0.15) is 5.82 Å². The number of nitrogens with zero attached hydrogens (tertiary/aromatic N) is 2. The van der Waals surface area contributed by atoms with Gasteiger partial charge in [-0.1, -0.05) is 0 Å². The van der Waals surface area contributed by atoms with Crippen molar-refractivity contribution in [3.05, 3.63) is 11.8 Å². The summed E-state index contributed by atoms with van der Waals surface area (Å²) in [6.45, 7) is 1.94. The average molecular weight is 143 g/mol. The highest BCUT2D eigenvalue weighted by Crippen LogP contribution is 2.09. The minimum absolute atomic E-state index is 0.615. The molecule has 2 N–H and O–H groups in total. The van der Waals surface area contributed by atoms with Crippen LogP contribution in [0.1, 0.15) is 5.56 Å². The second-order valence-electron chi connectivity index (χ2n) is 1.78. The highest BCUT2D eigenvalue weighted by molar-refractivity contribution is 7.97. The maximum absolute atomic E-state index is 5.47. The number of nitrogens with two attached hydrogens (primary N) is 1. The molecule has 1 rings (SSSR count). The molecule has 3 nitrogen and oxygen atoms in total. The Morgan fingerprint density at radius 1 is 1.78 bits per heavy atom. The van der Waals surface area contributed by atoms with E-state index in [9.17, 15) is 0 Å². The van der Waals surface area contributed by atoms with E-state index in [0.29, 0.717) is 5.82 Å². The molecule has 0 spiro atoms. The van der Waals surface area contributed by atoms with Crippen LogP contribution in [-0.4, -0.2) is 15.4 Å². The maximum atomic E-state index is 5.47. The topological polar surface area (TPSA) is 43.8 Å². The third-order valence-electron chi connectivity index (χ3n) is 1.10. The van der Waals surface area contributed by atoms with Crippen molar-refractivity contribution in [3.8, 4) is 0 Å². The zero-order valence-electron chi connectivity index (χ0n) is 5.46. The third kappa shape index (κ3) is 1.18. The fourth-order valence-corrected chi connectivity index (χ4v) is 0.972. The number of rotatable bonds is 1. The molecule has 0 aliphatic rings. The molecule has 4 heteroatoms. The quantitative estimate of drug-likeness (QED) is 0.635. The smallest absolute Gasteiger partial charge is 0.149 e. The van der Waals surface area contributed by atoms with E-state index in [4.69, 9.17) is 5.73 Å². The first-order chi connectivity index (χ1) is 4.24. The van der Waals surface area contributed by atoms with E-state index in [1.807, 2.05) is 19.4 Å². The standard InChI is InChI=1S/C5H9N3S/c1-4-3-8(9-2)7-5(4)6/h3H,1-2H3,(H2,6,7). The molecular weight excluding hydrogens is 134 g/mol. The van der Waals surface area contributed by atoms with Crippen molar-refractivity contribution >= 4 is 17.8 Å². The van der Waals surface area contributed by atoms with Crippen LogP contribution in [0.5, 0.6) is 0 Å². The van der Waals surface area contributed by atoms with Crippen LogP contribution < -0.4 is 5.73 Å². The first-order valence-electron chi connectivity index (χ1n) is 2.60. The van der Waals surface area contributed by atoms with Crippen LogP contribution >= 0.6 is 11.9 Å². The highest BCUT2D eigenvalue weighted by atomic mass is 32.2. The molecule has 0 amide bonds. The molecule has 0 aromatic carbocycles. The SMILES string of the molecule is CSn1cc(C)c(N)n1. The Labute approximate surface area is 58.4 Å². The summed E-state index contributed by atoms with van der Waals surface area (Å²) in [5, 5.41) is 3.99. The molecule has 0 bridgehead atoms. The third-order valence-corrected chi connectivity index (χ3v) is 1.66. The van der Waals surface area contributed by atoms with Gasteiger partial charge in [0.05, 0.1) is 0 Å². The molecule has 9 heavy (non-hydrogen) atoms. The van der Waals surface area contributed by atoms with Gasteiger partial charge in [-0.15, -0.1) is 5.10 Å². The first kappa shape index (κ1) is 6.48. The molecular formula is C5H9N3S. The van der Waals surface area contributed by atoms with Gasteiger partial charge < -0.3 is 5.73 Å².